The normalized spacial score (nSPS) is 12.7. The molecule has 0 aliphatic rings. The van der Waals surface area contributed by atoms with E-state index in [9.17, 15) is 14.4 Å². The van der Waals surface area contributed by atoms with Crippen molar-refractivity contribution in [1.82, 2.24) is 0 Å². The molecule has 1 atom stereocenters. The molecule has 454 valence electrons. The van der Waals surface area contributed by atoms with E-state index < -0.39 is 6.10 Å². The van der Waals surface area contributed by atoms with Crippen LogP contribution in [0.2, 0.25) is 0 Å². The first-order chi connectivity index (χ1) is 39.0. The van der Waals surface area contributed by atoms with E-state index in [4.69, 9.17) is 14.2 Å². The molecule has 0 radical (unpaired) electrons. The third kappa shape index (κ3) is 65.0. The number of carbonyl (C=O) groups excluding carboxylic acids is 3. The highest BCUT2D eigenvalue weighted by atomic mass is 16.6. The summed E-state index contributed by atoms with van der Waals surface area (Å²) in [5.74, 6) is -0.885. The Morgan fingerprint density at radius 1 is 0.266 bits per heavy atom. The summed E-state index contributed by atoms with van der Waals surface area (Å²) in [6.45, 7) is 6.50. The molecule has 0 rings (SSSR count). The third-order valence-corrected chi connectivity index (χ3v) is 14.5. The van der Waals surface area contributed by atoms with Gasteiger partial charge in [0.2, 0.25) is 0 Å². The number of hydrogen-bond donors (Lipinski definition) is 0. The predicted molar refractivity (Wildman–Crippen MR) is 344 cm³/mol. The summed E-state index contributed by atoms with van der Waals surface area (Å²) < 4.78 is 16.9. The van der Waals surface area contributed by atoms with Crippen LogP contribution in [-0.4, -0.2) is 37.2 Å². The molecule has 0 aromatic carbocycles. The Morgan fingerprint density at radius 3 is 0.810 bits per heavy atom. The van der Waals surface area contributed by atoms with E-state index in [1.54, 1.807) is 0 Å². The van der Waals surface area contributed by atoms with Gasteiger partial charge in [0.05, 0.1) is 0 Å². The predicted octanol–water partition coefficient (Wildman–Crippen LogP) is 23.2. The van der Waals surface area contributed by atoms with Crippen LogP contribution in [0, 0.1) is 0 Å². The zero-order valence-electron chi connectivity index (χ0n) is 52.1. The average Bonchev–Trinajstić information content (AvgIpc) is 3.45. The Bertz CT molecular complexity index is 1540. The molecule has 0 bridgehead atoms. The molecule has 0 heterocycles. The van der Waals surface area contributed by atoms with Gasteiger partial charge in [-0.1, -0.05) is 285 Å². The molecule has 0 aliphatic heterocycles. The molecule has 0 aliphatic carbocycles. The molecular formula is C73H126O6. The van der Waals surface area contributed by atoms with E-state index in [-0.39, 0.29) is 31.1 Å². The van der Waals surface area contributed by atoms with Gasteiger partial charge in [0, 0.05) is 19.3 Å². The van der Waals surface area contributed by atoms with Crippen LogP contribution in [0.3, 0.4) is 0 Å². The smallest absolute Gasteiger partial charge is 0.306 e. The minimum absolute atomic E-state index is 0.0809. The topological polar surface area (TPSA) is 78.9 Å². The van der Waals surface area contributed by atoms with Gasteiger partial charge in [-0.25, -0.2) is 0 Å². The van der Waals surface area contributed by atoms with Crippen molar-refractivity contribution in [3.05, 3.63) is 97.2 Å². The highest BCUT2D eigenvalue weighted by Gasteiger charge is 2.19. The van der Waals surface area contributed by atoms with Gasteiger partial charge in [-0.3, -0.25) is 14.4 Å². The van der Waals surface area contributed by atoms with Crippen molar-refractivity contribution in [2.24, 2.45) is 0 Å². The molecule has 0 N–H and O–H groups in total. The van der Waals surface area contributed by atoms with E-state index in [1.807, 2.05) is 0 Å². The van der Waals surface area contributed by atoms with Gasteiger partial charge in [0.25, 0.3) is 0 Å². The van der Waals surface area contributed by atoms with E-state index in [0.29, 0.717) is 19.3 Å². The second-order valence-corrected chi connectivity index (χ2v) is 22.3. The third-order valence-electron chi connectivity index (χ3n) is 14.5. The van der Waals surface area contributed by atoms with Crippen LogP contribution in [0.25, 0.3) is 0 Å². The molecule has 6 heteroatoms. The first kappa shape index (κ1) is 75.3. The Hall–Kier alpha value is -3.67. The lowest BCUT2D eigenvalue weighted by molar-refractivity contribution is -0.167. The quantitative estimate of drug-likeness (QED) is 0.0261. The van der Waals surface area contributed by atoms with Crippen molar-refractivity contribution in [3.8, 4) is 0 Å². The zero-order valence-corrected chi connectivity index (χ0v) is 52.1. The number of allylic oxidation sites excluding steroid dienone is 16. The lowest BCUT2D eigenvalue weighted by atomic mass is 10.0. The van der Waals surface area contributed by atoms with E-state index >= 15 is 0 Å². The molecule has 0 spiro atoms. The summed E-state index contributed by atoms with van der Waals surface area (Å²) in [7, 11) is 0. The number of hydrogen-bond acceptors (Lipinski definition) is 6. The zero-order chi connectivity index (χ0) is 57.1. The molecule has 79 heavy (non-hydrogen) atoms. The molecular weight excluding hydrogens is 973 g/mol. The molecule has 0 aromatic rings. The van der Waals surface area contributed by atoms with Crippen molar-refractivity contribution in [2.75, 3.05) is 13.2 Å². The summed E-state index contributed by atoms with van der Waals surface area (Å²) in [5.41, 5.74) is 0. The van der Waals surface area contributed by atoms with E-state index in [0.717, 1.165) is 109 Å². The number of carbonyl (C=O) groups is 3. The fourth-order valence-electron chi connectivity index (χ4n) is 9.50. The lowest BCUT2D eigenvalue weighted by Crippen LogP contribution is -2.30. The minimum Gasteiger partial charge on any atom is -0.462 e. The maximum atomic E-state index is 12.9. The van der Waals surface area contributed by atoms with Gasteiger partial charge in [0.15, 0.2) is 6.10 Å². The largest absolute Gasteiger partial charge is 0.462 e. The summed E-state index contributed by atoms with van der Waals surface area (Å²) in [6, 6.07) is 0. The lowest BCUT2D eigenvalue weighted by Gasteiger charge is -2.18. The number of rotatable bonds is 61. The van der Waals surface area contributed by atoms with Gasteiger partial charge in [-0.2, -0.15) is 0 Å². The second kappa shape index (κ2) is 66.8. The first-order valence-corrected chi connectivity index (χ1v) is 33.7. The van der Waals surface area contributed by atoms with Crippen LogP contribution in [-0.2, 0) is 28.6 Å². The Kier molecular flexibility index (Phi) is 63.7. The summed E-state index contributed by atoms with van der Waals surface area (Å²) >= 11 is 0. The van der Waals surface area contributed by atoms with Crippen molar-refractivity contribution in [2.45, 2.75) is 335 Å². The summed E-state index contributed by atoms with van der Waals surface area (Å²) in [6.07, 6.45) is 90.0. The first-order valence-electron chi connectivity index (χ1n) is 33.7. The number of esters is 3. The van der Waals surface area contributed by atoms with Crippen LogP contribution in [0.1, 0.15) is 329 Å². The van der Waals surface area contributed by atoms with Gasteiger partial charge >= 0.3 is 17.9 Å². The van der Waals surface area contributed by atoms with Crippen molar-refractivity contribution in [1.29, 1.82) is 0 Å². The molecule has 0 amide bonds. The molecule has 6 nitrogen and oxygen atoms in total. The second-order valence-electron chi connectivity index (χ2n) is 22.3. The maximum Gasteiger partial charge on any atom is 0.306 e. The molecule has 0 saturated carbocycles. The van der Waals surface area contributed by atoms with Crippen molar-refractivity contribution >= 4 is 17.9 Å². The Balaban J connectivity index is 4.22. The fourth-order valence-corrected chi connectivity index (χ4v) is 9.50. The van der Waals surface area contributed by atoms with Crippen LogP contribution in [0.5, 0.6) is 0 Å². The number of ether oxygens (including phenoxy) is 3. The fraction of sp³-hybridized carbons (Fsp3) is 0.740. The molecule has 1 unspecified atom stereocenters. The van der Waals surface area contributed by atoms with Crippen molar-refractivity contribution in [3.63, 3.8) is 0 Å². The monoisotopic (exact) mass is 1100 g/mol. The highest BCUT2D eigenvalue weighted by Crippen LogP contribution is 2.17. The van der Waals surface area contributed by atoms with Gasteiger partial charge in [-0.05, 0) is 122 Å². The van der Waals surface area contributed by atoms with Gasteiger partial charge < -0.3 is 14.2 Å². The summed E-state index contributed by atoms with van der Waals surface area (Å²) in [4.78, 5) is 38.3. The molecule has 0 aromatic heterocycles. The number of unbranched alkanes of at least 4 members (excludes halogenated alkanes) is 34. The van der Waals surface area contributed by atoms with Gasteiger partial charge in [0.1, 0.15) is 13.2 Å². The molecule has 0 saturated heterocycles. The Labute approximate surface area is 489 Å². The van der Waals surface area contributed by atoms with Crippen LogP contribution in [0.4, 0.5) is 0 Å². The van der Waals surface area contributed by atoms with E-state index in [2.05, 4.69) is 118 Å². The highest BCUT2D eigenvalue weighted by molar-refractivity contribution is 5.71. The SMILES string of the molecule is CC/C=C\C/C=C\C/C=C\C/C=C\C/C=C\CCCCCCCCCCCCCCCCCC(=O)OCC(COC(=O)CCCCCCC/C=C\CCCCCC)OC(=O)CCCCCCCCC/C=C\C/C=C\CCCCC. The minimum atomic E-state index is -0.785. The van der Waals surface area contributed by atoms with Crippen LogP contribution < -0.4 is 0 Å². The van der Waals surface area contributed by atoms with Crippen LogP contribution in [0.15, 0.2) is 97.2 Å². The van der Waals surface area contributed by atoms with Crippen LogP contribution >= 0.6 is 0 Å². The average molecular weight is 1100 g/mol. The summed E-state index contributed by atoms with van der Waals surface area (Å²) in [5, 5.41) is 0. The standard InChI is InChI=1S/C73H126O6/c1-4-7-10-13-16-19-22-25-27-29-30-31-32-33-34-35-36-37-38-39-40-41-42-44-45-48-51-54-57-60-63-66-72(75)78-69-70(68-77-71(74)65-62-59-56-53-50-47-24-21-18-15-12-9-6-3)79-73(76)67-64-61-58-55-52-49-46-43-28-26-23-20-17-14-11-8-5-2/h7,10,16-17,19-21,24-28,30-31,33-34,70H,4-6,8-9,11-15,18,22-23,29,32,35-69H2,1-3H3/b10-7-,19-16-,20-17-,24-21-,27-25-,28-26-,31-30-,34-33-. The van der Waals surface area contributed by atoms with Crippen molar-refractivity contribution < 1.29 is 28.6 Å². The maximum absolute atomic E-state index is 12.9. The van der Waals surface area contributed by atoms with E-state index in [1.165, 1.54) is 180 Å². The molecule has 0 fully saturated rings. The van der Waals surface area contributed by atoms with Gasteiger partial charge in [-0.15, -0.1) is 0 Å². The Morgan fingerprint density at radius 2 is 0.494 bits per heavy atom.